The van der Waals surface area contributed by atoms with Gasteiger partial charge in [0.25, 0.3) is 0 Å². The molecule has 0 saturated carbocycles. The van der Waals surface area contributed by atoms with Crippen LogP contribution in [-0.2, 0) is 15.9 Å². The van der Waals surface area contributed by atoms with Crippen LogP contribution in [0.15, 0.2) is 24.3 Å². The number of benzene rings is 1. The SMILES string of the molecule is CC(C)Cc1ccc(C2OCC(CN)O2)cc1. The van der Waals surface area contributed by atoms with Crippen LogP contribution in [-0.4, -0.2) is 19.3 Å². The van der Waals surface area contributed by atoms with Crippen molar-refractivity contribution in [1.29, 1.82) is 0 Å². The molecule has 1 fully saturated rings. The normalized spacial score (nSPS) is 24.5. The second kappa shape index (κ2) is 5.63. The monoisotopic (exact) mass is 235 g/mol. The van der Waals surface area contributed by atoms with Crippen LogP contribution in [0.1, 0.15) is 31.3 Å². The summed E-state index contributed by atoms with van der Waals surface area (Å²) in [6.07, 6.45) is 0.907. The molecule has 1 aliphatic rings. The quantitative estimate of drug-likeness (QED) is 0.870. The third-order valence-electron chi connectivity index (χ3n) is 2.91. The molecule has 1 aromatic carbocycles. The van der Waals surface area contributed by atoms with Gasteiger partial charge in [0, 0.05) is 12.1 Å². The Morgan fingerprint density at radius 2 is 2.00 bits per heavy atom. The summed E-state index contributed by atoms with van der Waals surface area (Å²) < 4.78 is 11.2. The zero-order chi connectivity index (χ0) is 12.3. The minimum absolute atomic E-state index is 0.0374. The minimum Gasteiger partial charge on any atom is -0.346 e. The van der Waals surface area contributed by atoms with E-state index < -0.39 is 0 Å². The standard InChI is InChI=1S/C14H21NO2/c1-10(2)7-11-3-5-12(6-4-11)14-16-9-13(8-15)17-14/h3-6,10,13-14H,7-9,15H2,1-2H3. The molecule has 0 radical (unpaired) electrons. The topological polar surface area (TPSA) is 44.5 Å². The van der Waals surface area contributed by atoms with Gasteiger partial charge in [0.1, 0.15) is 0 Å². The van der Waals surface area contributed by atoms with Gasteiger partial charge in [-0.2, -0.15) is 0 Å². The highest BCUT2D eigenvalue weighted by molar-refractivity contribution is 5.24. The van der Waals surface area contributed by atoms with Crippen LogP contribution in [0.5, 0.6) is 0 Å². The zero-order valence-corrected chi connectivity index (χ0v) is 10.6. The van der Waals surface area contributed by atoms with Gasteiger partial charge in [0.05, 0.1) is 12.7 Å². The van der Waals surface area contributed by atoms with E-state index in [2.05, 4.69) is 38.1 Å². The van der Waals surface area contributed by atoms with Gasteiger partial charge in [-0.1, -0.05) is 38.1 Å². The van der Waals surface area contributed by atoms with E-state index in [-0.39, 0.29) is 12.4 Å². The Morgan fingerprint density at radius 1 is 1.29 bits per heavy atom. The highest BCUT2D eigenvalue weighted by Crippen LogP contribution is 2.26. The first-order valence-corrected chi connectivity index (χ1v) is 6.25. The van der Waals surface area contributed by atoms with Crippen molar-refractivity contribution in [2.45, 2.75) is 32.7 Å². The van der Waals surface area contributed by atoms with Crippen LogP contribution in [0.4, 0.5) is 0 Å². The number of hydrogen-bond donors (Lipinski definition) is 1. The molecule has 17 heavy (non-hydrogen) atoms. The lowest BCUT2D eigenvalue weighted by Crippen LogP contribution is -2.21. The summed E-state index contributed by atoms with van der Waals surface area (Å²) in [5.74, 6) is 0.682. The summed E-state index contributed by atoms with van der Waals surface area (Å²) in [5.41, 5.74) is 7.98. The highest BCUT2D eigenvalue weighted by Gasteiger charge is 2.25. The van der Waals surface area contributed by atoms with Crippen molar-refractivity contribution >= 4 is 0 Å². The maximum atomic E-state index is 5.67. The van der Waals surface area contributed by atoms with Crippen LogP contribution in [0.3, 0.4) is 0 Å². The van der Waals surface area contributed by atoms with Gasteiger partial charge >= 0.3 is 0 Å². The smallest absolute Gasteiger partial charge is 0.184 e. The van der Waals surface area contributed by atoms with Crippen LogP contribution in [0, 0.1) is 5.92 Å². The number of nitrogens with two attached hydrogens (primary N) is 1. The molecule has 1 heterocycles. The first-order chi connectivity index (χ1) is 8.19. The molecule has 0 amide bonds. The van der Waals surface area contributed by atoms with Gasteiger partial charge in [-0.3, -0.25) is 0 Å². The summed E-state index contributed by atoms with van der Waals surface area (Å²) in [6, 6.07) is 8.47. The predicted molar refractivity (Wildman–Crippen MR) is 67.6 cm³/mol. The second-order valence-electron chi connectivity index (χ2n) is 5.00. The fourth-order valence-electron chi connectivity index (χ4n) is 2.03. The van der Waals surface area contributed by atoms with Crippen molar-refractivity contribution in [1.82, 2.24) is 0 Å². The van der Waals surface area contributed by atoms with Crippen molar-refractivity contribution in [2.75, 3.05) is 13.2 Å². The molecule has 2 atom stereocenters. The van der Waals surface area contributed by atoms with Gasteiger partial charge in [-0.05, 0) is 17.9 Å². The Morgan fingerprint density at radius 3 is 2.53 bits per heavy atom. The molecule has 0 aromatic heterocycles. The molecule has 1 saturated heterocycles. The molecule has 0 aliphatic carbocycles. The van der Waals surface area contributed by atoms with Crippen LogP contribution >= 0.6 is 0 Å². The van der Waals surface area contributed by atoms with Crippen molar-refractivity contribution in [3.8, 4) is 0 Å². The molecule has 2 rings (SSSR count). The summed E-state index contributed by atoms with van der Waals surface area (Å²) in [6.45, 7) is 5.56. The summed E-state index contributed by atoms with van der Waals surface area (Å²) >= 11 is 0. The zero-order valence-electron chi connectivity index (χ0n) is 10.6. The molecule has 2 N–H and O–H groups in total. The molecule has 3 nitrogen and oxygen atoms in total. The fourth-order valence-corrected chi connectivity index (χ4v) is 2.03. The van der Waals surface area contributed by atoms with Crippen LogP contribution < -0.4 is 5.73 Å². The lowest BCUT2D eigenvalue weighted by atomic mass is 10.0. The van der Waals surface area contributed by atoms with E-state index in [1.807, 2.05) is 0 Å². The Kier molecular flexibility index (Phi) is 4.15. The Bertz CT molecular complexity index is 348. The van der Waals surface area contributed by atoms with E-state index in [0.717, 1.165) is 12.0 Å². The molecule has 1 aromatic rings. The van der Waals surface area contributed by atoms with E-state index in [1.54, 1.807) is 0 Å². The minimum atomic E-state index is -0.239. The van der Waals surface area contributed by atoms with E-state index in [0.29, 0.717) is 19.1 Å². The third-order valence-corrected chi connectivity index (χ3v) is 2.91. The molecule has 3 heteroatoms. The molecular weight excluding hydrogens is 214 g/mol. The van der Waals surface area contributed by atoms with E-state index in [4.69, 9.17) is 15.2 Å². The van der Waals surface area contributed by atoms with E-state index >= 15 is 0 Å². The summed E-state index contributed by atoms with van der Waals surface area (Å²) in [5, 5.41) is 0. The largest absolute Gasteiger partial charge is 0.346 e. The Balaban J connectivity index is 1.98. The van der Waals surface area contributed by atoms with Gasteiger partial charge in [-0.25, -0.2) is 0 Å². The first kappa shape index (κ1) is 12.6. The van der Waals surface area contributed by atoms with Crippen molar-refractivity contribution in [3.63, 3.8) is 0 Å². The molecule has 2 unspecified atom stereocenters. The lowest BCUT2D eigenvalue weighted by molar-refractivity contribution is -0.0585. The van der Waals surface area contributed by atoms with Crippen molar-refractivity contribution in [3.05, 3.63) is 35.4 Å². The van der Waals surface area contributed by atoms with Gasteiger partial charge < -0.3 is 15.2 Å². The van der Waals surface area contributed by atoms with Crippen LogP contribution in [0.25, 0.3) is 0 Å². The summed E-state index contributed by atoms with van der Waals surface area (Å²) in [7, 11) is 0. The number of hydrogen-bond acceptors (Lipinski definition) is 3. The van der Waals surface area contributed by atoms with E-state index in [1.165, 1.54) is 5.56 Å². The Hall–Kier alpha value is -0.900. The molecule has 0 bridgehead atoms. The van der Waals surface area contributed by atoms with Gasteiger partial charge in [-0.15, -0.1) is 0 Å². The third kappa shape index (κ3) is 3.28. The van der Waals surface area contributed by atoms with E-state index in [9.17, 15) is 0 Å². The number of ether oxygens (including phenoxy) is 2. The summed E-state index contributed by atoms with van der Waals surface area (Å²) in [4.78, 5) is 0. The second-order valence-corrected chi connectivity index (χ2v) is 5.00. The maximum absolute atomic E-state index is 5.67. The first-order valence-electron chi connectivity index (χ1n) is 6.25. The molecule has 1 aliphatic heterocycles. The van der Waals surface area contributed by atoms with Gasteiger partial charge in [0.2, 0.25) is 0 Å². The average Bonchev–Trinajstić information content (AvgIpc) is 2.78. The molecule has 0 spiro atoms. The fraction of sp³-hybridized carbons (Fsp3) is 0.571. The van der Waals surface area contributed by atoms with Gasteiger partial charge in [0.15, 0.2) is 6.29 Å². The Labute approximate surface area is 103 Å². The van der Waals surface area contributed by atoms with Crippen molar-refractivity contribution in [2.24, 2.45) is 11.7 Å². The molecular formula is C14H21NO2. The number of rotatable bonds is 4. The van der Waals surface area contributed by atoms with Crippen molar-refractivity contribution < 1.29 is 9.47 Å². The molecule has 94 valence electrons. The van der Waals surface area contributed by atoms with Crippen LogP contribution in [0.2, 0.25) is 0 Å². The maximum Gasteiger partial charge on any atom is 0.184 e. The predicted octanol–water partition coefficient (Wildman–Crippen LogP) is 2.26. The lowest BCUT2D eigenvalue weighted by Gasteiger charge is -2.12. The highest BCUT2D eigenvalue weighted by atomic mass is 16.7. The average molecular weight is 235 g/mol.